The number of aliphatic hydroxyl groups excluding tert-OH is 4. The molecule has 10 heavy (non-hydrogen) atoms. The van der Waals surface area contributed by atoms with Gasteiger partial charge in [0.05, 0.1) is 6.61 Å². The highest BCUT2D eigenvalue weighted by molar-refractivity contribution is 4.84. The summed E-state index contributed by atoms with van der Waals surface area (Å²) in [4.78, 5) is 0. The Morgan fingerprint density at radius 3 is 1.90 bits per heavy atom. The minimum absolute atomic E-state index is 0.407. The fraction of sp³-hybridized carbons (Fsp3) is 1.00. The van der Waals surface area contributed by atoms with E-state index < -0.39 is 31.2 Å². The Bertz CT molecular complexity index is 117. The summed E-state index contributed by atoms with van der Waals surface area (Å²) < 4.78 is 4.54. The molecule has 4 atom stereocenters. The van der Waals surface area contributed by atoms with Gasteiger partial charge in [0, 0.05) is 0 Å². The van der Waals surface area contributed by atoms with E-state index in [0.717, 1.165) is 0 Å². The Labute approximate surface area is 57.5 Å². The van der Waals surface area contributed by atoms with Crippen LogP contribution >= 0.6 is 0 Å². The minimum Gasteiger partial charge on any atom is -0.394 e. The smallest absolute Gasteiger partial charge is 0.184 e. The molecule has 1 heterocycles. The first-order valence-corrected chi connectivity index (χ1v) is 2.97. The summed E-state index contributed by atoms with van der Waals surface area (Å²) in [5, 5.41) is 35.0. The summed E-state index contributed by atoms with van der Waals surface area (Å²) >= 11 is 0. The third-order valence-electron chi connectivity index (χ3n) is 1.52. The first-order valence-electron chi connectivity index (χ1n) is 2.97. The molecule has 1 rings (SSSR count). The molecule has 4 N–H and O–H groups in total. The molecule has 0 unspecified atom stereocenters. The summed E-state index contributed by atoms with van der Waals surface area (Å²) in [6, 6.07) is 0. The lowest BCUT2D eigenvalue weighted by Crippen LogP contribution is -2.33. The molecule has 5 heteroatoms. The van der Waals surface area contributed by atoms with Crippen LogP contribution in [0.15, 0.2) is 0 Å². The van der Waals surface area contributed by atoms with Gasteiger partial charge in [-0.3, -0.25) is 0 Å². The molecule has 1 fully saturated rings. The molecular formula is C5H10O5. The predicted molar refractivity (Wildman–Crippen MR) is 30.0 cm³/mol. The van der Waals surface area contributed by atoms with Gasteiger partial charge < -0.3 is 25.2 Å². The van der Waals surface area contributed by atoms with Crippen molar-refractivity contribution in [2.45, 2.75) is 24.6 Å². The van der Waals surface area contributed by atoms with Gasteiger partial charge in [0.2, 0.25) is 0 Å². The lowest BCUT2D eigenvalue weighted by Gasteiger charge is -2.09. The van der Waals surface area contributed by atoms with Gasteiger partial charge in [0.1, 0.15) is 18.3 Å². The Morgan fingerprint density at radius 1 is 1.10 bits per heavy atom. The van der Waals surface area contributed by atoms with Crippen LogP contribution in [0.1, 0.15) is 0 Å². The normalized spacial score (nSPS) is 48.0. The van der Waals surface area contributed by atoms with E-state index in [2.05, 4.69) is 4.74 Å². The van der Waals surface area contributed by atoms with Crippen molar-refractivity contribution in [3.8, 4) is 0 Å². The molecule has 0 bridgehead atoms. The SMILES string of the molecule is OC[C@H]1O[C@@H](O)[C@@H](O)[C@H]1O. The Kier molecular flexibility index (Phi) is 2.22. The molecule has 0 amide bonds. The number of hydrogen-bond donors (Lipinski definition) is 4. The van der Waals surface area contributed by atoms with Gasteiger partial charge in [0.15, 0.2) is 6.29 Å². The zero-order valence-corrected chi connectivity index (χ0v) is 5.21. The van der Waals surface area contributed by atoms with Crippen LogP contribution in [0.5, 0.6) is 0 Å². The predicted octanol–water partition coefficient (Wildman–Crippen LogP) is -2.58. The molecule has 0 aromatic carbocycles. The van der Waals surface area contributed by atoms with E-state index in [1.165, 1.54) is 0 Å². The fourth-order valence-corrected chi connectivity index (χ4v) is 0.880. The van der Waals surface area contributed by atoms with E-state index in [4.69, 9.17) is 20.4 Å². The topological polar surface area (TPSA) is 90.2 Å². The van der Waals surface area contributed by atoms with Crippen LogP contribution in [0.2, 0.25) is 0 Å². The highest BCUT2D eigenvalue weighted by atomic mass is 16.6. The number of hydrogen-bond acceptors (Lipinski definition) is 5. The maximum absolute atomic E-state index is 8.93. The summed E-state index contributed by atoms with van der Waals surface area (Å²) in [5.74, 6) is 0. The number of rotatable bonds is 1. The van der Waals surface area contributed by atoms with E-state index in [1.807, 2.05) is 0 Å². The van der Waals surface area contributed by atoms with E-state index in [-0.39, 0.29) is 0 Å². The maximum Gasteiger partial charge on any atom is 0.184 e. The summed E-state index contributed by atoms with van der Waals surface area (Å²) in [7, 11) is 0. The van der Waals surface area contributed by atoms with E-state index in [0.29, 0.717) is 0 Å². The zero-order chi connectivity index (χ0) is 7.72. The van der Waals surface area contributed by atoms with E-state index >= 15 is 0 Å². The first kappa shape index (κ1) is 7.90. The molecule has 0 saturated carbocycles. The Morgan fingerprint density at radius 2 is 1.70 bits per heavy atom. The van der Waals surface area contributed by atoms with Crippen LogP contribution in [0.3, 0.4) is 0 Å². The van der Waals surface area contributed by atoms with Crippen molar-refractivity contribution in [1.82, 2.24) is 0 Å². The van der Waals surface area contributed by atoms with Gasteiger partial charge in [-0.2, -0.15) is 0 Å². The molecule has 1 aliphatic heterocycles. The number of aliphatic hydroxyl groups is 4. The van der Waals surface area contributed by atoms with Crippen LogP contribution < -0.4 is 0 Å². The molecular weight excluding hydrogens is 140 g/mol. The molecule has 0 aliphatic carbocycles. The van der Waals surface area contributed by atoms with Crippen LogP contribution in [-0.4, -0.2) is 51.6 Å². The van der Waals surface area contributed by atoms with Gasteiger partial charge in [-0.05, 0) is 0 Å². The van der Waals surface area contributed by atoms with Crippen LogP contribution in [0.4, 0.5) is 0 Å². The lowest BCUT2D eigenvalue weighted by atomic mass is 10.1. The monoisotopic (exact) mass is 150 g/mol. The van der Waals surface area contributed by atoms with E-state index in [9.17, 15) is 0 Å². The third kappa shape index (κ3) is 1.14. The van der Waals surface area contributed by atoms with Crippen molar-refractivity contribution in [3.05, 3.63) is 0 Å². The van der Waals surface area contributed by atoms with Crippen LogP contribution in [0, 0.1) is 0 Å². The van der Waals surface area contributed by atoms with Gasteiger partial charge in [0.25, 0.3) is 0 Å². The van der Waals surface area contributed by atoms with Crippen molar-refractivity contribution in [2.75, 3.05) is 6.61 Å². The van der Waals surface area contributed by atoms with Crippen LogP contribution in [0.25, 0.3) is 0 Å². The second-order valence-electron chi connectivity index (χ2n) is 2.23. The van der Waals surface area contributed by atoms with Crippen molar-refractivity contribution in [3.63, 3.8) is 0 Å². The van der Waals surface area contributed by atoms with Crippen molar-refractivity contribution in [1.29, 1.82) is 0 Å². The van der Waals surface area contributed by atoms with Gasteiger partial charge in [-0.25, -0.2) is 0 Å². The van der Waals surface area contributed by atoms with Crippen molar-refractivity contribution in [2.24, 2.45) is 0 Å². The molecule has 60 valence electrons. The van der Waals surface area contributed by atoms with Crippen molar-refractivity contribution >= 4 is 0 Å². The van der Waals surface area contributed by atoms with Gasteiger partial charge >= 0.3 is 0 Å². The molecule has 5 nitrogen and oxygen atoms in total. The van der Waals surface area contributed by atoms with E-state index in [1.54, 1.807) is 0 Å². The molecule has 1 saturated heterocycles. The summed E-state index contributed by atoms with van der Waals surface area (Å²) in [5.41, 5.74) is 0. The average molecular weight is 150 g/mol. The second-order valence-corrected chi connectivity index (χ2v) is 2.23. The largest absolute Gasteiger partial charge is 0.394 e. The average Bonchev–Trinajstić information content (AvgIpc) is 2.17. The minimum atomic E-state index is -1.38. The van der Waals surface area contributed by atoms with Crippen LogP contribution in [-0.2, 0) is 4.74 Å². The highest BCUT2D eigenvalue weighted by Crippen LogP contribution is 2.18. The van der Waals surface area contributed by atoms with Crippen molar-refractivity contribution < 1.29 is 25.2 Å². The third-order valence-corrected chi connectivity index (χ3v) is 1.52. The quantitative estimate of drug-likeness (QED) is 0.329. The molecule has 0 radical (unpaired) electrons. The molecule has 0 aromatic rings. The molecule has 0 spiro atoms. The standard InChI is InChI=1S/C5H10O5/c6-1-2-3(7)4(8)5(9)10-2/h2-9H,1H2/t2-,3+,4+,5-/m1/s1. The summed E-state index contributed by atoms with van der Waals surface area (Å²) in [6.45, 7) is -0.407. The molecule has 1 aliphatic rings. The fourth-order valence-electron chi connectivity index (χ4n) is 0.880. The Hall–Kier alpha value is -0.200. The Balaban J connectivity index is 2.53. The first-order chi connectivity index (χ1) is 4.66. The second kappa shape index (κ2) is 2.81. The highest BCUT2D eigenvalue weighted by Gasteiger charge is 2.41. The zero-order valence-electron chi connectivity index (χ0n) is 5.21. The number of ether oxygens (including phenoxy) is 1. The molecule has 0 aromatic heterocycles. The maximum atomic E-state index is 8.93. The van der Waals surface area contributed by atoms with Gasteiger partial charge in [-0.15, -0.1) is 0 Å². The lowest BCUT2D eigenvalue weighted by molar-refractivity contribution is -0.132. The summed E-state index contributed by atoms with van der Waals surface area (Å²) in [6.07, 6.45) is -4.76. The van der Waals surface area contributed by atoms with Gasteiger partial charge in [-0.1, -0.05) is 0 Å².